The van der Waals surface area contributed by atoms with E-state index in [2.05, 4.69) is 35.3 Å². The number of carbonyl (C=O) groups excluding carboxylic acids is 1. The number of nitrogens with one attached hydrogen (secondary N) is 3. The molecule has 1 fully saturated rings. The predicted octanol–water partition coefficient (Wildman–Crippen LogP) is 3.42. The van der Waals surface area contributed by atoms with Gasteiger partial charge in [0, 0.05) is 38.6 Å². The number of fused-ring (bicyclic) bond motifs is 2. The Balaban J connectivity index is 1.50. The van der Waals surface area contributed by atoms with E-state index in [-0.39, 0.29) is 34.5 Å². The van der Waals surface area contributed by atoms with Crippen molar-refractivity contribution in [1.82, 2.24) is 34.7 Å². The number of pyridine rings is 1. The Kier molecular flexibility index (Phi) is 5.43. The van der Waals surface area contributed by atoms with Gasteiger partial charge in [0.15, 0.2) is 5.82 Å². The molecule has 11 nitrogen and oxygen atoms in total. The zero-order chi connectivity index (χ0) is 25.7. The van der Waals surface area contributed by atoms with E-state index in [1.807, 2.05) is 6.92 Å². The van der Waals surface area contributed by atoms with Crippen molar-refractivity contribution in [2.45, 2.75) is 32.2 Å². The van der Waals surface area contributed by atoms with Crippen LogP contribution in [-0.4, -0.2) is 47.2 Å². The second-order valence-corrected chi connectivity index (χ2v) is 9.12. The Morgan fingerprint density at radius 1 is 1.14 bits per heavy atom. The molecule has 0 spiro atoms. The number of amides is 1. The molecule has 1 saturated heterocycles. The van der Waals surface area contributed by atoms with Crippen molar-refractivity contribution in [3.8, 4) is 11.4 Å². The van der Waals surface area contributed by atoms with Gasteiger partial charge in [-0.3, -0.25) is 14.3 Å². The number of nitrogens with zero attached hydrogens (tertiary/aromatic N) is 6. The highest BCUT2D eigenvalue weighted by Gasteiger charge is 2.26. The number of hydrogen-bond donors (Lipinski definition) is 3. The molecule has 1 unspecified atom stereocenters. The molecule has 5 heterocycles. The fraction of sp³-hybridized carbons (Fsp3) is 0.280. The lowest BCUT2D eigenvalue weighted by atomic mass is 10.1. The molecule has 5 aromatic rings. The van der Waals surface area contributed by atoms with Gasteiger partial charge in [-0.05, 0) is 38.0 Å². The van der Waals surface area contributed by atoms with Crippen LogP contribution in [0.3, 0.4) is 0 Å². The Bertz CT molecular complexity index is 1710. The Morgan fingerprint density at radius 3 is 2.73 bits per heavy atom. The van der Waals surface area contributed by atoms with Gasteiger partial charge in [-0.1, -0.05) is 0 Å². The first kappa shape index (κ1) is 22.8. The number of H-pyrrole nitrogens is 2. The smallest absolute Gasteiger partial charge is 0.261 e. The zero-order valence-electron chi connectivity index (χ0n) is 20.2. The first-order valence-electron chi connectivity index (χ1n) is 12.0. The van der Waals surface area contributed by atoms with E-state index in [4.69, 9.17) is 0 Å². The summed E-state index contributed by atoms with van der Waals surface area (Å²) in [5.41, 5.74) is 1.90. The highest BCUT2D eigenvalue weighted by molar-refractivity contribution is 5.98. The average Bonchev–Trinajstić information content (AvgIpc) is 3.48. The molecule has 37 heavy (non-hydrogen) atoms. The third kappa shape index (κ3) is 3.90. The van der Waals surface area contributed by atoms with E-state index in [9.17, 15) is 9.59 Å². The van der Waals surface area contributed by atoms with Gasteiger partial charge in [-0.25, -0.2) is 19.3 Å². The fourth-order valence-corrected chi connectivity index (χ4v) is 4.78. The topological polar surface area (TPSA) is 137 Å². The van der Waals surface area contributed by atoms with Gasteiger partial charge in [0.05, 0.1) is 28.5 Å². The van der Waals surface area contributed by atoms with Crippen molar-refractivity contribution in [3.05, 3.63) is 58.8 Å². The molecule has 6 rings (SSSR count). The summed E-state index contributed by atoms with van der Waals surface area (Å²) in [5, 5.41) is 7.85. The van der Waals surface area contributed by atoms with E-state index in [1.165, 1.54) is 4.90 Å². The summed E-state index contributed by atoms with van der Waals surface area (Å²) >= 11 is 0. The number of anilines is 2. The molecule has 1 amide bonds. The average molecular weight is 502 g/mol. The number of carbonyl (C=O) groups is 1. The molecular weight excluding hydrogens is 477 g/mol. The van der Waals surface area contributed by atoms with Gasteiger partial charge in [-0.15, -0.1) is 0 Å². The lowest BCUT2D eigenvalue weighted by Crippen LogP contribution is -2.35. The van der Waals surface area contributed by atoms with E-state index < -0.39 is 11.4 Å². The summed E-state index contributed by atoms with van der Waals surface area (Å²) in [4.78, 5) is 46.2. The number of aryl methyl sites for hydroxylation is 1. The van der Waals surface area contributed by atoms with Gasteiger partial charge in [-0.2, -0.15) is 5.10 Å². The van der Waals surface area contributed by atoms with Crippen molar-refractivity contribution in [3.63, 3.8) is 0 Å². The predicted molar refractivity (Wildman–Crippen MR) is 137 cm³/mol. The molecule has 4 aromatic heterocycles. The van der Waals surface area contributed by atoms with Gasteiger partial charge in [0.1, 0.15) is 28.2 Å². The third-order valence-corrected chi connectivity index (χ3v) is 6.55. The van der Waals surface area contributed by atoms with Crippen LogP contribution in [0.15, 0.2) is 41.6 Å². The van der Waals surface area contributed by atoms with Crippen LogP contribution in [0, 0.1) is 5.82 Å². The van der Waals surface area contributed by atoms with Gasteiger partial charge in [0.25, 0.3) is 5.56 Å². The molecule has 3 N–H and O–H groups in total. The summed E-state index contributed by atoms with van der Waals surface area (Å²) in [6.07, 6.45) is 6.99. The molecule has 1 aliphatic rings. The minimum Gasteiger partial charge on any atom is -0.373 e. The van der Waals surface area contributed by atoms with Crippen LogP contribution >= 0.6 is 0 Å². The minimum absolute atomic E-state index is 0.107. The molecule has 0 bridgehead atoms. The lowest BCUT2D eigenvalue weighted by Gasteiger charge is -2.27. The first-order valence-corrected chi connectivity index (χ1v) is 12.0. The number of hydrogen-bond acceptors (Lipinski definition) is 7. The van der Waals surface area contributed by atoms with Crippen molar-refractivity contribution in [2.24, 2.45) is 7.05 Å². The highest BCUT2D eigenvalue weighted by atomic mass is 19.1. The summed E-state index contributed by atoms with van der Waals surface area (Å²) in [5.74, 6) is 0.0186. The summed E-state index contributed by atoms with van der Waals surface area (Å²) in [6.45, 7) is 2.33. The standard InChI is InChI=1S/C25H24FN9O2/c1-13(23-27-9-5-10-28-23)29-22-18(25(37)31-15-12-34(2)33-21(15)22)24-30-14-7-8-16(19(26)20(14)32-24)35-11-4-3-6-17(35)36/h5,7-10,12-13,29H,3-4,6,11H2,1-2H3,(H,30,32)(H,31,37). The zero-order valence-corrected chi connectivity index (χ0v) is 20.2. The van der Waals surface area contributed by atoms with Crippen LogP contribution in [-0.2, 0) is 11.8 Å². The van der Waals surface area contributed by atoms with Crippen molar-refractivity contribution in [1.29, 1.82) is 0 Å². The Hall–Kier alpha value is -4.61. The quantitative estimate of drug-likeness (QED) is 0.335. The minimum atomic E-state index is -0.581. The number of aromatic nitrogens is 7. The maximum Gasteiger partial charge on any atom is 0.261 e. The van der Waals surface area contributed by atoms with Gasteiger partial charge in [0.2, 0.25) is 5.91 Å². The molecular formula is C25H24FN9O2. The van der Waals surface area contributed by atoms with E-state index in [0.29, 0.717) is 41.0 Å². The lowest BCUT2D eigenvalue weighted by molar-refractivity contribution is -0.119. The summed E-state index contributed by atoms with van der Waals surface area (Å²) < 4.78 is 17.2. The normalized spacial score (nSPS) is 15.0. The van der Waals surface area contributed by atoms with Crippen LogP contribution in [0.1, 0.15) is 38.1 Å². The van der Waals surface area contributed by atoms with E-state index in [0.717, 1.165) is 12.8 Å². The highest BCUT2D eigenvalue weighted by Crippen LogP contribution is 2.34. The Morgan fingerprint density at radius 2 is 1.95 bits per heavy atom. The van der Waals surface area contributed by atoms with Gasteiger partial charge >= 0.3 is 0 Å². The van der Waals surface area contributed by atoms with E-state index in [1.54, 1.807) is 48.5 Å². The maximum absolute atomic E-state index is 15.6. The molecule has 1 atom stereocenters. The number of piperidine rings is 1. The van der Waals surface area contributed by atoms with Gasteiger partial charge < -0.3 is 20.2 Å². The number of aromatic amines is 2. The maximum atomic E-state index is 15.6. The van der Waals surface area contributed by atoms with Crippen LogP contribution in [0.2, 0.25) is 0 Å². The van der Waals surface area contributed by atoms with Crippen LogP contribution in [0.4, 0.5) is 15.8 Å². The monoisotopic (exact) mass is 501 g/mol. The molecule has 188 valence electrons. The number of imidazole rings is 1. The Labute approximate surface area is 209 Å². The second-order valence-electron chi connectivity index (χ2n) is 9.12. The number of benzene rings is 1. The summed E-state index contributed by atoms with van der Waals surface area (Å²) in [7, 11) is 1.76. The van der Waals surface area contributed by atoms with Crippen molar-refractivity contribution < 1.29 is 9.18 Å². The third-order valence-electron chi connectivity index (χ3n) is 6.55. The SMILES string of the molecule is CC(Nc1c(-c2nc3ccc(N4CCCCC4=O)c(F)c3[nH]2)c(=O)[nH]c2cn(C)nc12)c1ncccn1. The first-order chi connectivity index (χ1) is 17.9. The molecule has 1 aliphatic heterocycles. The molecule has 12 heteroatoms. The second kappa shape index (κ2) is 8.80. The van der Waals surface area contributed by atoms with E-state index >= 15 is 4.39 Å². The fourth-order valence-electron chi connectivity index (χ4n) is 4.78. The molecule has 1 aromatic carbocycles. The van der Waals surface area contributed by atoms with Crippen LogP contribution in [0.25, 0.3) is 33.5 Å². The van der Waals surface area contributed by atoms with Crippen molar-refractivity contribution in [2.75, 3.05) is 16.8 Å². The van der Waals surface area contributed by atoms with Crippen LogP contribution < -0.4 is 15.8 Å². The van der Waals surface area contributed by atoms with Crippen molar-refractivity contribution >= 4 is 39.3 Å². The number of rotatable bonds is 5. The molecule has 0 aliphatic carbocycles. The number of halogens is 1. The molecule has 0 saturated carbocycles. The largest absolute Gasteiger partial charge is 0.373 e. The van der Waals surface area contributed by atoms with Crippen LogP contribution in [0.5, 0.6) is 0 Å². The molecule has 0 radical (unpaired) electrons. The summed E-state index contributed by atoms with van der Waals surface area (Å²) in [6, 6.07) is 4.56.